The molecule has 6 fully saturated rings. The number of carbonyl (C=O) groups excluding carboxylic acids is 1. The second kappa shape index (κ2) is 4.19. The van der Waals surface area contributed by atoms with E-state index in [1.165, 1.54) is 19.3 Å². The first-order chi connectivity index (χ1) is 10.5. The summed E-state index contributed by atoms with van der Waals surface area (Å²) >= 11 is 0. The van der Waals surface area contributed by atoms with Crippen LogP contribution in [0.15, 0.2) is 0 Å². The summed E-state index contributed by atoms with van der Waals surface area (Å²) in [5.41, 5.74) is -0.326. The quantitative estimate of drug-likeness (QED) is 0.809. The number of aliphatic hydroxyl groups is 1. The van der Waals surface area contributed by atoms with Crippen molar-refractivity contribution in [3.05, 3.63) is 0 Å². The van der Waals surface area contributed by atoms with Gasteiger partial charge in [0.25, 0.3) is 0 Å². The molecule has 22 heavy (non-hydrogen) atoms. The van der Waals surface area contributed by atoms with Crippen molar-refractivity contribution in [1.29, 1.82) is 0 Å². The molecule has 2 heterocycles. The fraction of sp³-hybridized carbons (Fsp3) is 0.944. The molecule has 2 amide bonds. The van der Waals surface area contributed by atoms with Crippen LogP contribution in [0.1, 0.15) is 58.3 Å². The lowest BCUT2D eigenvalue weighted by Crippen LogP contribution is -2.62. The molecule has 2 unspecified atom stereocenters. The Labute approximate surface area is 132 Å². The van der Waals surface area contributed by atoms with Crippen molar-refractivity contribution in [3.63, 3.8) is 0 Å². The van der Waals surface area contributed by atoms with Crippen LogP contribution in [0.5, 0.6) is 0 Å². The Kier molecular flexibility index (Phi) is 2.60. The molecule has 0 aromatic heterocycles. The number of amides is 2. The van der Waals surface area contributed by atoms with Crippen molar-refractivity contribution < 1.29 is 9.90 Å². The van der Waals surface area contributed by atoms with E-state index < -0.39 is 5.60 Å². The average Bonchev–Trinajstić information content (AvgIpc) is 2.69. The van der Waals surface area contributed by atoms with Crippen molar-refractivity contribution in [2.24, 2.45) is 17.8 Å². The molecule has 122 valence electrons. The topological polar surface area (TPSA) is 43.8 Å². The van der Waals surface area contributed by atoms with Gasteiger partial charge in [-0.05, 0) is 76.0 Å². The SMILES string of the molecule is C[C@@]12CCCCN1C(=O)N(C1C3CC4CC1CC(O)(C4)C3)C2. The minimum absolute atomic E-state index is 0.0703. The predicted molar refractivity (Wildman–Crippen MR) is 83.4 cm³/mol. The second-order valence-corrected chi connectivity index (χ2v) is 9.20. The number of nitrogens with zero attached hydrogens (tertiary/aromatic N) is 2. The molecule has 0 aromatic carbocycles. The summed E-state index contributed by atoms with van der Waals surface area (Å²) in [6.45, 7) is 4.15. The van der Waals surface area contributed by atoms with Crippen LogP contribution in [0.25, 0.3) is 0 Å². The third kappa shape index (κ3) is 1.70. The number of piperidine rings is 1. The van der Waals surface area contributed by atoms with Gasteiger partial charge in [-0.2, -0.15) is 0 Å². The number of hydrogen-bond acceptors (Lipinski definition) is 2. The van der Waals surface area contributed by atoms with Gasteiger partial charge >= 0.3 is 6.03 Å². The zero-order valence-electron chi connectivity index (χ0n) is 13.6. The maximum Gasteiger partial charge on any atom is 0.320 e. The lowest BCUT2D eigenvalue weighted by Gasteiger charge is -2.59. The molecule has 6 aliphatic rings. The van der Waals surface area contributed by atoms with Crippen molar-refractivity contribution in [2.45, 2.75) is 75.5 Å². The Balaban J connectivity index is 1.45. The number of hydrogen-bond donors (Lipinski definition) is 1. The highest BCUT2D eigenvalue weighted by Crippen LogP contribution is 2.57. The van der Waals surface area contributed by atoms with E-state index in [0.29, 0.717) is 23.9 Å². The molecule has 4 nitrogen and oxygen atoms in total. The molecule has 4 bridgehead atoms. The summed E-state index contributed by atoms with van der Waals surface area (Å²) < 4.78 is 0. The molecule has 4 saturated carbocycles. The van der Waals surface area contributed by atoms with Crippen LogP contribution in [0.2, 0.25) is 0 Å². The van der Waals surface area contributed by atoms with Crippen molar-refractivity contribution in [1.82, 2.24) is 9.80 Å². The normalized spacial score (nSPS) is 53.3. The van der Waals surface area contributed by atoms with Gasteiger partial charge in [-0.3, -0.25) is 0 Å². The van der Waals surface area contributed by atoms with Crippen LogP contribution in [0, 0.1) is 17.8 Å². The van der Waals surface area contributed by atoms with Gasteiger partial charge in [0.2, 0.25) is 0 Å². The third-order valence-corrected chi connectivity index (χ3v) is 7.54. The monoisotopic (exact) mass is 304 g/mol. The lowest BCUT2D eigenvalue weighted by atomic mass is 9.52. The second-order valence-electron chi connectivity index (χ2n) is 9.20. The molecular formula is C18H28N2O2. The van der Waals surface area contributed by atoms with Crippen molar-refractivity contribution >= 4 is 6.03 Å². The van der Waals surface area contributed by atoms with E-state index in [9.17, 15) is 9.90 Å². The van der Waals surface area contributed by atoms with Crippen molar-refractivity contribution in [3.8, 4) is 0 Å². The smallest absolute Gasteiger partial charge is 0.320 e. The zero-order chi connectivity index (χ0) is 15.1. The maximum atomic E-state index is 13.0. The Bertz CT molecular complexity index is 505. The van der Waals surface area contributed by atoms with Crippen LogP contribution in [-0.4, -0.2) is 51.2 Å². The van der Waals surface area contributed by atoms with Crippen LogP contribution < -0.4 is 0 Å². The van der Waals surface area contributed by atoms with Gasteiger partial charge in [0.15, 0.2) is 0 Å². The number of rotatable bonds is 1. The summed E-state index contributed by atoms with van der Waals surface area (Å²) in [6.07, 6.45) is 8.95. The highest BCUT2D eigenvalue weighted by atomic mass is 16.3. The van der Waals surface area contributed by atoms with Gasteiger partial charge in [0, 0.05) is 19.1 Å². The molecule has 6 rings (SSSR count). The summed E-state index contributed by atoms with van der Waals surface area (Å²) in [5.74, 6) is 1.81. The molecule has 3 atom stereocenters. The molecule has 2 saturated heterocycles. The van der Waals surface area contributed by atoms with Gasteiger partial charge in [0.05, 0.1) is 11.1 Å². The maximum absolute atomic E-state index is 13.0. The first-order valence-electron chi connectivity index (χ1n) is 9.28. The fourth-order valence-electron chi connectivity index (χ4n) is 6.96. The predicted octanol–water partition coefficient (Wildman–Crippen LogP) is 2.61. The van der Waals surface area contributed by atoms with E-state index in [-0.39, 0.29) is 5.54 Å². The Morgan fingerprint density at radius 1 is 1.14 bits per heavy atom. The highest BCUT2D eigenvalue weighted by Gasteiger charge is 2.59. The largest absolute Gasteiger partial charge is 0.390 e. The van der Waals surface area contributed by atoms with Gasteiger partial charge in [-0.1, -0.05) is 0 Å². The van der Waals surface area contributed by atoms with Crippen LogP contribution in [-0.2, 0) is 0 Å². The van der Waals surface area contributed by atoms with Gasteiger partial charge in [-0.15, -0.1) is 0 Å². The van der Waals surface area contributed by atoms with E-state index in [2.05, 4.69) is 16.7 Å². The average molecular weight is 304 g/mol. The van der Waals surface area contributed by atoms with E-state index in [4.69, 9.17) is 0 Å². The summed E-state index contributed by atoms with van der Waals surface area (Å²) in [6, 6.07) is 0.707. The first kappa shape index (κ1) is 13.6. The molecule has 2 aliphatic heterocycles. The highest BCUT2D eigenvalue weighted by molar-refractivity contribution is 5.79. The Morgan fingerprint density at radius 2 is 1.86 bits per heavy atom. The van der Waals surface area contributed by atoms with E-state index in [0.717, 1.165) is 51.1 Å². The summed E-state index contributed by atoms with van der Waals surface area (Å²) in [5, 5.41) is 10.8. The van der Waals surface area contributed by atoms with Gasteiger partial charge in [0.1, 0.15) is 0 Å². The van der Waals surface area contributed by atoms with E-state index in [1.54, 1.807) is 0 Å². The number of carbonyl (C=O) groups is 1. The fourth-order valence-corrected chi connectivity index (χ4v) is 6.96. The third-order valence-electron chi connectivity index (χ3n) is 7.54. The molecule has 0 radical (unpaired) electrons. The molecule has 0 spiro atoms. The minimum Gasteiger partial charge on any atom is -0.390 e. The van der Waals surface area contributed by atoms with Crippen LogP contribution >= 0.6 is 0 Å². The molecule has 1 N–H and O–H groups in total. The molecule has 4 aliphatic carbocycles. The lowest BCUT2D eigenvalue weighted by molar-refractivity contribution is -0.152. The molecular weight excluding hydrogens is 276 g/mol. The Hall–Kier alpha value is -0.770. The Morgan fingerprint density at radius 3 is 2.50 bits per heavy atom. The van der Waals surface area contributed by atoms with E-state index in [1.807, 2.05) is 0 Å². The number of urea groups is 1. The summed E-state index contributed by atoms with van der Waals surface area (Å²) in [7, 11) is 0. The zero-order valence-corrected chi connectivity index (χ0v) is 13.6. The van der Waals surface area contributed by atoms with Crippen molar-refractivity contribution in [2.75, 3.05) is 13.1 Å². The molecule has 4 heteroatoms. The van der Waals surface area contributed by atoms with Crippen LogP contribution in [0.4, 0.5) is 4.79 Å². The minimum atomic E-state index is -0.396. The molecule has 0 aromatic rings. The van der Waals surface area contributed by atoms with Gasteiger partial charge in [-0.25, -0.2) is 4.79 Å². The number of fused-ring (bicyclic) bond motifs is 1. The van der Waals surface area contributed by atoms with Gasteiger partial charge < -0.3 is 14.9 Å². The summed E-state index contributed by atoms with van der Waals surface area (Å²) in [4.78, 5) is 17.4. The van der Waals surface area contributed by atoms with E-state index >= 15 is 0 Å². The first-order valence-corrected chi connectivity index (χ1v) is 9.28. The standard InChI is InChI=1S/C18H28N2O2/c1-17-4-2-3-5-20(17)16(21)19(11-17)15-13-6-12-7-14(15)10-18(22,8-12)9-13/h12-15,22H,2-11H2,1H3/t12?,13?,14?,15?,17-,18?/m0/s1. The van der Waals surface area contributed by atoms with Crippen LogP contribution in [0.3, 0.4) is 0 Å².